The molecule has 3 heterocycles. The van der Waals surface area contributed by atoms with Gasteiger partial charge in [-0.3, -0.25) is 9.59 Å². The summed E-state index contributed by atoms with van der Waals surface area (Å²) in [6.45, 7) is 7.08. The van der Waals surface area contributed by atoms with Crippen LogP contribution in [-0.2, 0) is 16.1 Å². The molecule has 8 nitrogen and oxygen atoms in total. The van der Waals surface area contributed by atoms with Crippen molar-refractivity contribution in [3.63, 3.8) is 0 Å². The topological polar surface area (TPSA) is 93.8 Å². The van der Waals surface area contributed by atoms with Gasteiger partial charge in [-0.2, -0.15) is 0 Å². The molecule has 1 saturated heterocycles. The number of carbonyl (C=O) groups is 2. The molecule has 28 heavy (non-hydrogen) atoms. The number of ether oxygens (including phenoxy) is 1. The Kier molecular flexibility index (Phi) is 5.76. The Morgan fingerprint density at radius 1 is 1.32 bits per heavy atom. The van der Waals surface area contributed by atoms with Gasteiger partial charge in [0.25, 0.3) is 5.56 Å². The first-order valence-corrected chi connectivity index (χ1v) is 9.57. The SMILES string of the molecule is CC(C)(C)OC(=O)N1CCCC(C(=O)NCCn2ccc3ccoc3c2=O)C1. The van der Waals surface area contributed by atoms with Crippen molar-refractivity contribution in [1.29, 1.82) is 0 Å². The van der Waals surface area contributed by atoms with Crippen LogP contribution >= 0.6 is 0 Å². The van der Waals surface area contributed by atoms with E-state index in [9.17, 15) is 14.4 Å². The smallest absolute Gasteiger partial charge is 0.410 e. The Morgan fingerprint density at radius 3 is 2.86 bits per heavy atom. The maximum Gasteiger partial charge on any atom is 0.410 e. The van der Waals surface area contributed by atoms with Gasteiger partial charge in [-0.05, 0) is 45.7 Å². The van der Waals surface area contributed by atoms with Gasteiger partial charge in [0.15, 0.2) is 5.58 Å². The maximum atomic E-state index is 12.5. The van der Waals surface area contributed by atoms with E-state index in [2.05, 4.69) is 5.32 Å². The number of fused-ring (bicyclic) bond motifs is 1. The van der Waals surface area contributed by atoms with Crippen LogP contribution in [0.4, 0.5) is 4.79 Å². The van der Waals surface area contributed by atoms with Crippen LogP contribution in [0, 0.1) is 5.92 Å². The van der Waals surface area contributed by atoms with Crippen molar-refractivity contribution in [2.45, 2.75) is 45.8 Å². The average molecular weight is 389 g/mol. The molecular formula is C20H27N3O5. The highest BCUT2D eigenvalue weighted by molar-refractivity contribution is 5.80. The van der Waals surface area contributed by atoms with Crippen LogP contribution in [0.5, 0.6) is 0 Å². The van der Waals surface area contributed by atoms with Crippen molar-refractivity contribution in [1.82, 2.24) is 14.8 Å². The first kappa shape index (κ1) is 20.0. The standard InChI is InChI=1S/C20H27N3O5/c1-20(2,3)28-19(26)23-9-4-5-15(13-23)17(24)21-8-11-22-10-6-14-7-12-27-16(14)18(22)25/h6-7,10,12,15H,4-5,8-9,11,13H2,1-3H3,(H,21,24). The number of hydrogen-bond acceptors (Lipinski definition) is 5. The van der Waals surface area contributed by atoms with Crippen LogP contribution in [0.25, 0.3) is 11.0 Å². The maximum absolute atomic E-state index is 12.5. The first-order chi connectivity index (χ1) is 13.2. The summed E-state index contributed by atoms with van der Waals surface area (Å²) >= 11 is 0. The molecule has 1 atom stereocenters. The van der Waals surface area contributed by atoms with E-state index in [1.165, 1.54) is 10.8 Å². The molecule has 0 aliphatic carbocycles. The quantitative estimate of drug-likeness (QED) is 0.866. The Balaban J connectivity index is 1.52. The Morgan fingerprint density at radius 2 is 2.11 bits per heavy atom. The number of carbonyl (C=O) groups excluding carboxylic acids is 2. The lowest BCUT2D eigenvalue weighted by Crippen LogP contribution is -2.47. The lowest BCUT2D eigenvalue weighted by Gasteiger charge is -2.33. The van der Waals surface area contributed by atoms with Crippen molar-refractivity contribution >= 4 is 23.0 Å². The number of hydrogen-bond donors (Lipinski definition) is 1. The molecule has 1 aliphatic rings. The van der Waals surface area contributed by atoms with Crippen molar-refractivity contribution in [3.8, 4) is 0 Å². The normalized spacial score (nSPS) is 17.5. The zero-order valence-corrected chi connectivity index (χ0v) is 16.6. The molecule has 1 unspecified atom stereocenters. The molecule has 2 aromatic rings. The fraction of sp³-hybridized carbons (Fsp3) is 0.550. The van der Waals surface area contributed by atoms with Crippen LogP contribution in [0.1, 0.15) is 33.6 Å². The van der Waals surface area contributed by atoms with Crippen LogP contribution in [-0.4, -0.2) is 46.7 Å². The van der Waals surface area contributed by atoms with Gasteiger partial charge in [0.2, 0.25) is 5.91 Å². The second-order valence-electron chi connectivity index (χ2n) is 8.08. The number of furan rings is 1. The summed E-state index contributed by atoms with van der Waals surface area (Å²) in [5.41, 5.74) is -0.464. The highest BCUT2D eigenvalue weighted by Crippen LogP contribution is 2.19. The van der Waals surface area contributed by atoms with Gasteiger partial charge in [0.05, 0.1) is 12.2 Å². The number of aromatic nitrogens is 1. The Bertz CT molecular complexity index is 908. The van der Waals surface area contributed by atoms with Gasteiger partial charge in [0.1, 0.15) is 5.60 Å². The second kappa shape index (κ2) is 8.08. The van der Waals surface area contributed by atoms with E-state index in [1.807, 2.05) is 26.8 Å². The van der Waals surface area contributed by atoms with Crippen molar-refractivity contribution in [3.05, 3.63) is 34.9 Å². The van der Waals surface area contributed by atoms with Crippen LogP contribution in [0.3, 0.4) is 0 Å². The van der Waals surface area contributed by atoms with E-state index in [0.717, 1.165) is 18.2 Å². The molecule has 2 aromatic heterocycles. The first-order valence-electron chi connectivity index (χ1n) is 9.57. The van der Waals surface area contributed by atoms with Crippen molar-refractivity contribution in [2.75, 3.05) is 19.6 Å². The summed E-state index contributed by atoms with van der Waals surface area (Å²) in [7, 11) is 0. The third-order valence-electron chi connectivity index (χ3n) is 4.68. The Labute approximate surface area is 163 Å². The fourth-order valence-corrected chi connectivity index (χ4v) is 3.30. The highest BCUT2D eigenvalue weighted by Gasteiger charge is 2.30. The van der Waals surface area contributed by atoms with Crippen LogP contribution in [0.2, 0.25) is 0 Å². The molecule has 0 saturated carbocycles. The molecule has 0 aromatic carbocycles. The van der Waals surface area contributed by atoms with E-state index in [0.29, 0.717) is 31.8 Å². The monoisotopic (exact) mass is 389 g/mol. The third-order valence-corrected chi connectivity index (χ3v) is 4.68. The summed E-state index contributed by atoms with van der Waals surface area (Å²) in [4.78, 5) is 38.6. The van der Waals surface area contributed by atoms with Gasteiger partial charge < -0.3 is 23.9 Å². The van der Waals surface area contributed by atoms with Gasteiger partial charge >= 0.3 is 6.09 Å². The van der Waals surface area contributed by atoms with E-state index >= 15 is 0 Å². The Hall–Kier alpha value is -2.77. The van der Waals surface area contributed by atoms with E-state index < -0.39 is 5.60 Å². The molecule has 8 heteroatoms. The minimum atomic E-state index is -0.561. The van der Waals surface area contributed by atoms with E-state index in [1.54, 1.807) is 17.2 Å². The number of nitrogens with zero attached hydrogens (tertiary/aromatic N) is 2. The number of nitrogens with one attached hydrogen (secondary N) is 1. The minimum absolute atomic E-state index is 0.111. The second-order valence-corrected chi connectivity index (χ2v) is 8.08. The van der Waals surface area contributed by atoms with Crippen molar-refractivity contribution in [2.24, 2.45) is 5.92 Å². The van der Waals surface area contributed by atoms with Gasteiger partial charge in [-0.1, -0.05) is 0 Å². The molecule has 1 N–H and O–H groups in total. The summed E-state index contributed by atoms with van der Waals surface area (Å²) in [5.74, 6) is -0.383. The zero-order chi connectivity index (χ0) is 20.3. The van der Waals surface area contributed by atoms with Gasteiger partial charge in [0, 0.05) is 37.8 Å². The molecule has 3 rings (SSSR count). The van der Waals surface area contributed by atoms with E-state index in [4.69, 9.17) is 9.15 Å². The fourth-order valence-electron chi connectivity index (χ4n) is 3.30. The molecular weight excluding hydrogens is 362 g/mol. The number of piperidine rings is 1. The molecule has 1 aliphatic heterocycles. The summed E-state index contributed by atoms with van der Waals surface area (Å²) < 4.78 is 12.1. The average Bonchev–Trinajstić information content (AvgIpc) is 3.12. The molecule has 1 fully saturated rings. The lowest BCUT2D eigenvalue weighted by atomic mass is 9.97. The molecule has 0 spiro atoms. The molecule has 0 bridgehead atoms. The van der Waals surface area contributed by atoms with E-state index in [-0.39, 0.29) is 23.5 Å². The summed E-state index contributed by atoms with van der Waals surface area (Å²) in [5, 5.41) is 3.63. The molecule has 0 radical (unpaired) electrons. The molecule has 152 valence electrons. The number of likely N-dealkylation sites (tertiary alicyclic amines) is 1. The number of amides is 2. The summed E-state index contributed by atoms with van der Waals surface area (Å²) in [6.07, 6.45) is 4.27. The predicted octanol–water partition coefficient (Wildman–Crippen LogP) is 2.36. The van der Waals surface area contributed by atoms with Gasteiger partial charge in [-0.25, -0.2) is 4.79 Å². The van der Waals surface area contributed by atoms with Gasteiger partial charge in [-0.15, -0.1) is 0 Å². The summed E-state index contributed by atoms with van der Waals surface area (Å²) in [6, 6.07) is 3.55. The zero-order valence-electron chi connectivity index (χ0n) is 16.6. The predicted molar refractivity (Wildman–Crippen MR) is 104 cm³/mol. The van der Waals surface area contributed by atoms with Crippen LogP contribution in [0.15, 0.2) is 33.8 Å². The van der Waals surface area contributed by atoms with Crippen LogP contribution < -0.4 is 10.9 Å². The third kappa shape index (κ3) is 4.74. The van der Waals surface area contributed by atoms with Crippen molar-refractivity contribution < 1.29 is 18.7 Å². The minimum Gasteiger partial charge on any atom is -0.459 e. The number of pyridine rings is 1. The molecule has 2 amide bonds. The highest BCUT2D eigenvalue weighted by atomic mass is 16.6. The largest absolute Gasteiger partial charge is 0.459 e. The number of rotatable bonds is 4. The lowest BCUT2D eigenvalue weighted by molar-refractivity contribution is -0.126.